The first kappa shape index (κ1) is 26.1. The fourth-order valence-electron chi connectivity index (χ4n) is 4.47. The quantitative estimate of drug-likeness (QED) is 0.422. The van der Waals surface area contributed by atoms with E-state index in [0.29, 0.717) is 44.9 Å². The molecule has 1 fully saturated rings. The van der Waals surface area contributed by atoms with E-state index in [-0.39, 0.29) is 18.2 Å². The van der Waals surface area contributed by atoms with Crippen molar-refractivity contribution in [2.24, 2.45) is 0 Å². The number of nitrogens with zero attached hydrogens (tertiary/aromatic N) is 5. The molecule has 2 heterocycles. The molecule has 0 atom stereocenters. The van der Waals surface area contributed by atoms with Crippen molar-refractivity contribution in [3.63, 3.8) is 0 Å². The Morgan fingerprint density at radius 3 is 2.35 bits per heavy atom. The first-order valence-electron chi connectivity index (χ1n) is 12.9. The summed E-state index contributed by atoms with van der Waals surface area (Å²) in [6, 6.07) is 18.1. The number of ether oxygens (including phenoxy) is 1. The predicted molar refractivity (Wildman–Crippen MR) is 144 cm³/mol. The van der Waals surface area contributed by atoms with Crippen LogP contribution in [0.3, 0.4) is 0 Å². The van der Waals surface area contributed by atoms with E-state index in [1.165, 1.54) is 6.20 Å². The number of anilines is 1. The zero-order chi connectivity index (χ0) is 26.0. The molecule has 0 unspecified atom stereocenters. The van der Waals surface area contributed by atoms with Gasteiger partial charge in [0.1, 0.15) is 11.4 Å². The lowest BCUT2D eigenvalue weighted by molar-refractivity contribution is -0.131. The molecular weight excluding hydrogens is 466 g/mol. The third kappa shape index (κ3) is 7.06. The second-order valence-electron chi connectivity index (χ2n) is 9.09. The lowest BCUT2D eigenvalue weighted by Crippen LogP contribution is -2.49. The number of carbonyl (C=O) groups excluding carboxylic acids is 2. The maximum Gasteiger partial charge on any atom is 0.274 e. The van der Waals surface area contributed by atoms with Gasteiger partial charge in [-0.1, -0.05) is 42.5 Å². The molecule has 4 rings (SSSR count). The standard InChI is InChI=1S/C29H35N5O3/c1-3-37-27-12-8-7-11-26(27)32-17-19-33(20-18-32)28(35)14-16-34(15-13-24-9-5-4-6-10-24)29(36)25-22-30-23(2)21-31-25/h4-12,21-22H,3,13-20H2,1-2H3. The number of aromatic nitrogens is 2. The van der Waals surface area contributed by atoms with Crippen LogP contribution in [0, 0.1) is 6.92 Å². The van der Waals surface area contributed by atoms with Crippen LogP contribution in [-0.4, -0.2) is 77.5 Å². The number of benzene rings is 2. The van der Waals surface area contributed by atoms with Crippen molar-refractivity contribution in [3.8, 4) is 5.75 Å². The Bertz CT molecular complexity index is 1160. The van der Waals surface area contributed by atoms with E-state index in [1.54, 1.807) is 11.1 Å². The van der Waals surface area contributed by atoms with E-state index < -0.39 is 0 Å². The monoisotopic (exact) mass is 501 g/mol. The zero-order valence-corrected chi connectivity index (χ0v) is 21.7. The smallest absolute Gasteiger partial charge is 0.274 e. The van der Waals surface area contributed by atoms with E-state index in [4.69, 9.17) is 4.74 Å². The number of hydrogen-bond acceptors (Lipinski definition) is 6. The molecule has 0 radical (unpaired) electrons. The predicted octanol–water partition coefficient (Wildman–Crippen LogP) is 3.61. The third-order valence-corrected chi connectivity index (χ3v) is 6.53. The summed E-state index contributed by atoms with van der Waals surface area (Å²) in [6.07, 6.45) is 4.08. The van der Waals surface area contributed by atoms with Gasteiger partial charge in [-0.2, -0.15) is 0 Å². The number of para-hydroxylation sites is 2. The molecule has 8 nitrogen and oxygen atoms in total. The van der Waals surface area contributed by atoms with Gasteiger partial charge in [-0.25, -0.2) is 4.98 Å². The van der Waals surface area contributed by atoms with Gasteiger partial charge < -0.3 is 19.4 Å². The summed E-state index contributed by atoms with van der Waals surface area (Å²) < 4.78 is 5.78. The maximum absolute atomic E-state index is 13.2. The minimum atomic E-state index is -0.200. The van der Waals surface area contributed by atoms with Crippen LogP contribution >= 0.6 is 0 Å². The topological polar surface area (TPSA) is 78.9 Å². The van der Waals surface area contributed by atoms with Crippen LogP contribution in [0.4, 0.5) is 5.69 Å². The minimum absolute atomic E-state index is 0.0604. The average Bonchev–Trinajstić information content (AvgIpc) is 2.94. The van der Waals surface area contributed by atoms with Crippen LogP contribution in [0.1, 0.15) is 35.1 Å². The Morgan fingerprint density at radius 1 is 0.919 bits per heavy atom. The fraction of sp³-hybridized carbons (Fsp3) is 0.379. The lowest BCUT2D eigenvalue weighted by atomic mass is 10.1. The highest BCUT2D eigenvalue weighted by molar-refractivity contribution is 5.92. The van der Waals surface area contributed by atoms with Gasteiger partial charge in [-0.15, -0.1) is 0 Å². The van der Waals surface area contributed by atoms with Gasteiger partial charge in [0.15, 0.2) is 0 Å². The Balaban J connectivity index is 1.35. The van der Waals surface area contributed by atoms with Crippen molar-refractivity contribution < 1.29 is 14.3 Å². The van der Waals surface area contributed by atoms with Crippen LogP contribution in [0.25, 0.3) is 0 Å². The van der Waals surface area contributed by atoms with Crippen molar-refractivity contribution in [1.82, 2.24) is 19.8 Å². The Kier molecular flexibility index (Phi) is 9.08. The molecule has 0 spiro atoms. The fourth-order valence-corrected chi connectivity index (χ4v) is 4.47. The molecule has 1 aromatic heterocycles. The molecule has 1 aliphatic rings. The molecule has 1 aliphatic heterocycles. The number of carbonyl (C=O) groups is 2. The molecular formula is C29H35N5O3. The summed E-state index contributed by atoms with van der Waals surface area (Å²) >= 11 is 0. The number of aryl methyl sites for hydroxylation is 1. The number of hydrogen-bond donors (Lipinski definition) is 0. The summed E-state index contributed by atoms with van der Waals surface area (Å²) in [7, 11) is 0. The molecule has 3 aromatic rings. The normalized spacial score (nSPS) is 13.4. The van der Waals surface area contributed by atoms with Crippen LogP contribution in [0.5, 0.6) is 5.75 Å². The highest BCUT2D eigenvalue weighted by atomic mass is 16.5. The van der Waals surface area contributed by atoms with Crippen molar-refractivity contribution in [1.29, 1.82) is 0 Å². The molecule has 194 valence electrons. The van der Waals surface area contributed by atoms with E-state index in [1.807, 2.05) is 67.3 Å². The average molecular weight is 502 g/mol. The number of piperazine rings is 1. The molecule has 1 saturated heterocycles. The summed E-state index contributed by atoms with van der Waals surface area (Å²) in [5, 5.41) is 0. The van der Waals surface area contributed by atoms with Gasteiger partial charge >= 0.3 is 0 Å². The van der Waals surface area contributed by atoms with Gasteiger partial charge in [0.25, 0.3) is 5.91 Å². The first-order valence-corrected chi connectivity index (χ1v) is 12.9. The largest absolute Gasteiger partial charge is 0.492 e. The van der Waals surface area contributed by atoms with Crippen LogP contribution < -0.4 is 9.64 Å². The van der Waals surface area contributed by atoms with Gasteiger partial charge in [0, 0.05) is 51.9 Å². The SMILES string of the molecule is CCOc1ccccc1N1CCN(C(=O)CCN(CCc2ccccc2)C(=O)c2cnc(C)cn2)CC1. The molecule has 0 saturated carbocycles. The Morgan fingerprint density at radius 2 is 1.65 bits per heavy atom. The summed E-state index contributed by atoms with van der Waals surface area (Å²) in [5.74, 6) is 0.732. The van der Waals surface area contributed by atoms with Crippen LogP contribution in [-0.2, 0) is 11.2 Å². The third-order valence-electron chi connectivity index (χ3n) is 6.53. The molecule has 2 amide bonds. The van der Waals surface area contributed by atoms with Gasteiger partial charge in [0.2, 0.25) is 5.91 Å². The summed E-state index contributed by atoms with van der Waals surface area (Å²) in [4.78, 5) is 40.7. The highest BCUT2D eigenvalue weighted by Gasteiger charge is 2.24. The Labute approximate surface area is 218 Å². The number of rotatable bonds is 10. The number of amides is 2. The van der Waals surface area contributed by atoms with Gasteiger partial charge in [-0.05, 0) is 38.0 Å². The molecule has 0 aliphatic carbocycles. The zero-order valence-electron chi connectivity index (χ0n) is 21.7. The lowest BCUT2D eigenvalue weighted by Gasteiger charge is -2.37. The summed E-state index contributed by atoms with van der Waals surface area (Å²) in [5.41, 5.74) is 3.26. The molecule has 8 heteroatoms. The maximum atomic E-state index is 13.2. The van der Waals surface area contributed by atoms with Crippen LogP contribution in [0.15, 0.2) is 67.0 Å². The first-order chi connectivity index (χ1) is 18.0. The Hall–Kier alpha value is -3.94. The van der Waals surface area contributed by atoms with E-state index in [0.717, 1.165) is 35.8 Å². The van der Waals surface area contributed by atoms with Crippen molar-refractivity contribution in [2.75, 3.05) is 50.8 Å². The van der Waals surface area contributed by atoms with E-state index in [2.05, 4.69) is 20.9 Å². The van der Waals surface area contributed by atoms with Crippen molar-refractivity contribution in [3.05, 3.63) is 83.9 Å². The second kappa shape index (κ2) is 12.9. The van der Waals surface area contributed by atoms with Crippen LogP contribution in [0.2, 0.25) is 0 Å². The van der Waals surface area contributed by atoms with Gasteiger partial charge in [0.05, 0.1) is 24.2 Å². The van der Waals surface area contributed by atoms with E-state index >= 15 is 0 Å². The molecule has 2 aromatic carbocycles. The van der Waals surface area contributed by atoms with Crippen molar-refractivity contribution in [2.45, 2.75) is 26.7 Å². The van der Waals surface area contributed by atoms with Crippen molar-refractivity contribution >= 4 is 17.5 Å². The highest BCUT2D eigenvalue weighted by Crippen LogP contribution is 2.28. The molecule has 37 heavy (non-hydrogen) atoms. The van der Waals surface area contributed by atoms with Gasteiger partial charge in [-0.3, -0.25) is 14.6 Å². The molecule has 0 bridgehead atoms. The van der Waals surface area contributed by atoms with E-state index in [9.17, 15) is 9.59 Å². The molecule has 0 N–H and O–H groups in total. The minimum Gasteiger partial charge on any atom is -0.492 e. The second-order valence-corrected chi connectivity index (χ2v) is 9.09. The summed E-state index contributed by atoms with van der Waals surface area (Å²) in [6.45, 7) is 8.04.